The number of rotatable bonds is 5. The SMILES string of the molecule is COc1ccccc1NC(=O)C(C)Sc1nncn1C. The lowest BCUT2D eigenvalue weighted by Gasteiger charge is -2.13. The maximum absolute atomic E-state index is 12.2. The number of nitrogens with one attached hydrogen (secondary N) is 1. The van der Waals surface area contributed by atoms with Gasteiger partial charge in [0.25, 0.3) is 0 Å². The molecule has 0 saturated heterocycles. The number of thioether (sulfide) groups is 1. The quantitative estimate of drug-likeness (QED) is 0.853. The third-order valence-electron chi connectivity index (χ3n) is 2.69. The second kappa shape index (κ2) is 6.42. The van der Waals surface area contributed by atoms with E-state index in [0.717, 1.165) is 0 Å². The van der Waals surface area contributed by atoms with Crippen molar-refractivity contribution in [2.45, 2.75) is 17.3 Å². The van der Waals surface area contributed by atoms with Crippen molar-refractivity contribution in [2.24, 2.45) is 7.05 Å². The first-order chi connectivity index (χ1) is 9.61. The summed E-state index contributed by atoms with van der Waals surface area (Å²) in [6.07, 6.45) is 1.60. The zero-order chi connectivity index (χ0) is 14.5. The van der Waals surface area contributed by atoms with E-state index in [9.17, 15) is 4.79 Å². The van der Waals surface area contributed by atoms with Crippen molar-refractivity contribution in [3.8, 4) is 5.75 Å². The van der Waals surface area contributed by atoms with Crippen LogP contribution in [0.4, 0.5) is 5.69 Å². The van der Waals surface area contributed by atoms with Crippen molar-refractivity contribution in [1.82, 2.24) is 14.8 Å². The Hall–Kier alpha value is -2.02. The summed E-state index contributed by atoms with van der Waals surface area (Å²) in [7, 11) is 3.41. The highest BCUT2D eigenvalue weighted by Gasteiger charge is 2.18. The van der Waals surface area contributed by atoms with E-state index in [1.165, 1.54) is 11.8 Å². The third-order valence-corrected chi connectivity index (χ3v) is 3.83. The molecular formula is C13H16N4O2S. The van der Waals surface area contributed by atoms with Gasteiger partial charge in [-0.15, -0.1) is 10.2 Å². The van der Waals surface area contributed by atoms with Crippen LogP contribution in [0.15, 0.2) is 35.7 Å². The number of carbonyl (C=O) groups is 1. The molecule has 0 aliphatic heterocycles. The Morgan fingerprint density at radius 3 is 2.85 bits per heavy atom. The molecule has 1 amide bonds. The second-order valence-corrected chi connectivity index (χ2v) is 5.48. The predicted octanol–water partition coefficient (Wildman–Crippen LogP) is 1.94. The van der Waals surface area contributed by atoms with Crippen molar-refractivity contribution < 1.29 is 9.53 Å². The molecule has 0 aliphatic rings. The van der Waals surface area contributed by atoms with Crippen LogP contribution in [0.2, 0.25) is 0 Å². The lowest BCUT2D eigenvalue weighted by atomic mass is 10.3. The molecule has 1 aromatic heterocycles. The smallest absolute Gasteiger partial charge is 0.237 e. The highest BCUT2D eigenvalue weighted by Crippen LogP contribution is 2.25. The van der Waals surface area contributed by atoms with E-state index in [4.69, 9.17) is 4.74 Å². The van der Waals surface area contributed by atoms with Gasteiger partial charge in [0.05, 0.1) is 18.0 Å². The summed E-state index contributed by atoms with van der Waals surface area (Å²) in [6, 6.07) is 7.30. The summed E-state index contributed by atoms with van der Waals surface area (Å²) in [5, 5.41) is 11.0. The van der Waals surface area contributed by atoms with Crippen LogP contribution in [0.3, 0.4) is 0 Å². The molecule has 1 atom stereocenters. The molecule has 1 N–H and O–H groups in total. The molecular weight excluding hydrogens is 276 g/mol. The fourth-order valence-electron chi connectivity index (χ4n) is 1.57. The number of carbonyl (C=O) groups excluding carboxylic acids is 1. The summed E-state index contributed by atoms with van der Waals surface area (Å²) in [6.45, 7) is 1.82. The van der Waals surface area contributed by atoms with Gasteiger partial charge in [-0.3, -0.25) is 4.79 Å². The predicted molar refractivity (Wildman–Crippen MR) is 77.9 cm³/mol. The zero-order valence-electron chi connectivity index (χ0n) is 11.5. The molecule has 20 heavy (non-hydrogen) atoms. The molecule has 1 aromatic carbocycles. The topological polar surface area (TPSA) is 69.0 Å². The average Bonchev–Trinajstić information content (AvgIpc) is 2.84. The molecule has 0 aliphatic carbocycles. The number of hydrogen-bond acceptors (Lipinski definition) is 5. The summed E-state index contributed by atoms with van der Waals surface area (Å²) in [5.41, 5.74) is 0.658. The van der Waals surface area contributed by atoms with Crippen LogP contribution in [0.25, 0.3) is 0 Å². The first kappa shape index (κ1) is 14.4. The van der Waals surface area contributed by atoms with Crippen LogP contribution in [0.5, 0.6) is 5.75 Å². The molecule has 0 spiro atoms. The number of nitrogens with zero attached hydrogens (tertiary/aromatic N) is 3. The number of ether oxygens (including phenoxy) is 1. The third kappa shape index (κ3) is 3.30. The Balaban J connectivity index is 2.02. The molecule has 6 nitrogen and oxygen atoms in total. The van der Waals surface area contributed by atoms with E-state index < -0.39 is 0 Å². The van der Waals surface area contributed by atoms with Gasteiger partial charge in [0.2, 0.25) is 5.91 Å². The molecule has 0 radical (unpaired) electrons. The van der Waals surface area contributed by atoms with Gasteiger partial charge in [0.15, 0.2) is 5.16 Å². The molecule has 1 unspecified atom stereocenters. The van der Waals surface area contributed by atoms with Gasteiger partial charge in [-0.25, -0.2) is 0 Å². The number of methoxy groups -OCH3 is 1. The van der Waals surface area contributed by atoms with Gasteiger partial charge < -0.3 is 14.6 Å². The van der Waals surface area contributed by atoms with Gasteiger partial charge >= 0.3 is 0 Å². The minimum Gasteiger partial charge on any atom is -0.495 e. The second-order valence-electron chi connectivity index (χ2n) is 4.17. The standard InChI is InChI=1S/C13H16N4O2S/c1-9(20-13-16-14-8-17(13)2)12(18)15-10-6-4-5-7-11(10)19-3/h4-9H,1-3H3,(H,15,18). The maximum atomic E-state index is 12.2. The first-order valence-electron chi connectivity index (χ1n) is 6.06. The maximum Gasteiger partial charge on any atom is 0.237 e. The minimum atomic E-state index is -0.289. The lowest BCUT2D eigenvalue weighted by molar-refractivity contribution is -0.115. The van der Waals surface area contributed by atoms with Crippen molar-refractivity contribution in [1.29, 1.82) is 0 Å². The molecule has 2 rings (SSSR count). The number of para-hydroxylation sites is 2. The molecule has 2 aromatic rings. The van der Waals surface area contributed by atoms with E-state index in [2.05, 4.69) is 15.5 Å². The van der Waals surface area contributed by atoms with Gasteiger partial charge in [-0.1, -0.05) is 23.9 Å². The largest absolute Gasteiger partial charge is 0.495 e. The summed E-state index contributed by atoms with van der Waals surface area (Å²) >= 11 is 1.35. The number of aryl methyl sites for hydroxylation is 1. The fourth-order valence-corrected chi connectivity index (χ4v) is 2.36. The molecule has 0 saturated carbocycles. The lowest BCUT2D eigenvalue weighted by Crippen LogP contribution is -2.23. The number of anilines is 1. The number of benzene rings is 1. The van der Waals surface area contributed by atoms with Gasteiger partial charge in [0.1, 0.15) is 12.1 Å². The Bertz CT molecular complexity index is 600. The molecule has 7 heteroatoms. The van der Waals surface area contributed by atoms with Crippen LogP contribution in [0.1, 0.15) is 6.92 Å². The molecule has 0 fully saturated rings. The van der Waals surface area contributed by atoms with Gasteiger partial charge in [0, 0.05) is 7.05 Å². The molecule has 1 heterocycles. The monoisotopic (exact) mass is 292 g/mol. The number of amides is 1. The van der Waals surface area contributed by atoms with Crippen LogP contribution in [0, 0.1) is 0 Å². The van der Waals surface area contributed by atoms with Gasteiger partial charge in [-0.05, 0) is 19.1 Å². The Labute approximate surface area is 121 Å². The van der Waals surface area contributed by atoms with E-state index in [0.29, 0.717) is 16.6 Å². The Morgan fingerprint density at radius 1 is 1.45 bits per heavy atom. The summed E-state index contributed by atoms with van der Waals surface area (Å²) in [5.74, 6) is 0.527. The summed E-state index contributed by atoms with van der Waals surface area (Å²) in [4.78, 5) is 12.2. The number of aromatic nitrogens is 3. The molecule has 106 valence electrons. The van der Waals surface area contributed by atoms with Crippen molar-refractivity contribution in [3.05, 3.63) is 30.6 Å². The zero-order valence-corrected chi connectivity index (χ0v) is 12.3. The van der Waals surface area contributed by atoms with Gasteiger partial charge in [-0.2, -0.15) is 0 Å². The van der Waals surface area contributed by atoms with Crippen LogP contribution >= 0.6 is 11.8 Å². The van der Waals surface area contributed by atoms with E-state index in [1.807, 2.05) is 26.1 Å². The van der Waals surface area contributed by atoms with Crippen LogP contribution in [-0.4, -0.2) is 33.0 Å². The highest BCUT2D eigenvalue weighted by molar-refractivity contribution is 8.00. The Morgan fingerprint density at radius 2 is 2.20 bits per heavy atom. The Kier molecular flexibility index (Phi) is 4.62. The van der Waals surface area contributed by atoms with E-state index in [-0.39, 0.29) is 11.2 Å². The van der Waals surface area contributed by atoms with Crippen molar-refractivity contribution >= 4 is 23.4 Å². The molecule has 0 bridgehead atoms. The van der Waals surface area contributed by atoms with Crippen molar-refractivity contribution in [3.63, 3.8) is 0 Å². The van der Waals surface area contributed by atoms with Crippen molar-refractivity contribution in [2.75, 3.05) is 12.4 Å². The van der Waals surface area contributed by atoms with E-state index in [1.54, 1.807) is 30.1 Å². The minimum absolute atomic E-state index is 0.109. The van der Waals surface area contributed by atoms with Crippen LogP contribution < -0.4 is 10.1 Å². The first-order valence-corrected chi connectivity index (χ1v) is 6.94. The fraction of sp³-hybridized carbons (Fsp3) is 0.308. The van der Waals surface area contributed by atoms with E-state index >= 15 is 0 Å². The summed E-state index contributed by atoms with van der Waals surface area (Å²) < 4.78 is 6.98. The van der Waals surface area contributed by atoms with Crippen LogP contribution in [-0.2, 0) is 11.8 Å². The highest BCUT2D eigenvalue weighted by atomic mass is 32.2. The number of hydrogen-bond donors (Lipinski definition) is 1. The normalized spacial score (nSPS) is 11.9. The average molecular weight is 292 g/mol.